The van der Waals surface area contributed by atoms with Crippen LogP contribution in [0, 0.1) is 50.7 Å². The Hall–Kier alpha value is -1.38. The molecule has 5 N–H and O–H groups in total. The zero-order chi connectivity index (χ0) is 36.2. The van der Waals surface area contributed by atoms with Crippen LogP contribution in [0.3, 0.4) is 0 Å². The van der Waals surface area contributed by atoms with Crippen molar-refractivity contribution < 1.29 is 58.8 Å². The van der Waals surface area contributed by atoms with Crippen molar-refractivity contribution >= 4 is 11.9 Å². The van der Waals surface area contributed by atoms with Gasteiger partial charge in [-0.1, -0.05) is 34.6 Å². The van der Waals surface area contributed by atoms with Crippen LogP contribution >= 0.6 is 0 Å². The zero-order valence-corrected chi connectivity index (χ0v) is 30.6. The molecule has 8 rings (SSSR count). The summed E-state index contributed by atoms with van der Waals surface area (Å²) in [4.78, 5) is 23.4. The highest BCUT2D eigenvalue weighted by Crippen LogP contribution is 2.89. The zero-order valence-electron chi connectivity index (χ0n) is 30.6. The van der Waals surface area contributed by atoms with Crippen molar-refractivity contribution in [1.82, 2.24) is 0 Å². The standard InChI is InChI=1S/C38H58O12/c1-18-26-20(49-38(45)29(18)50-33(4,5)31(38)44)15-35(7)22-9-8-21-32(2,3)23(10-11-36(21)17-37(22,36)13-12-34(26,35)6)47-30-28(27(43)19(39)16-46-30)48-25(42)14-24(40)41/h18-23,26-31,39,43-45H,8-17H2,1-7H3,(H,40,41)/t18-,19+,20-,21-,22-,23-,26-,27-,28+,29+,30-,31+,34+,35-,36+,37-,38-/m0/s1. The van der Waals surface area contributed by atoms with Gasteiger partial charge in [-0.05, 0) is 116 Å². The third kappa shape index (κ3) is 4.39. The Morgan fingerprint density at radius 2 is 1.56 bits per heavy atom. The number of rotatable bonds is 5. The maximum atomic E-state index is 12.3. The molecule has 3 heterocycles. The van der Waals surface area contributed by atoms with E-state index >= 15 is 0 Å². The summed E-state index contributed by atoms with van der Waals surface area (Å²) in [5.74, 6) is -2.96. The van der Waals surface area contributed by atoms with Crippen molar-refractivity contribution in [2.24, 2.45) is 50.7 Å². The van der Waals surface area contributed by atoms with E-state index in [1.54, 1.807) is 0 Å². The van der Waals surface area contributed by atoms with Crippen LogP contribution in [-0.2, 0) is 33.3 Å². The first-order chi connectivity index (χ1) is 23.2. The number of aliphatic carboxylic acids is 1. The van der Waals surface area contributed by atoms with Crippen molar-refractivity contribution in [2.45, 2.75) is 167 Å². The van der Waals surface area contributed by atoms with E-state index in [9.17, 15) is 30.0 Å². The quantitative estimate of drug-likeness (QED) is 0.160. The molecule has 0 amide bonds. The molecule has 17 atom stereocenters. The second-order valence-corrected chi connectivity index (χ2v) is 19.3. The summed E-state index contributed by atoms with van der Waals surface area (Å²) in [5, 5.41) is 53.1. The van der Waals surface area contributed by atoms with Crippen molar-refractivity contribution in [2.75, 3.05) is 6.61 Å². The van der Waals surface area contributed by atoms with Crippen molar-refractivity contribution in [3.63, 3.8) is 0 Å². The van der Waals surface area contributed by atoms with Gasteiger partial charge in [0.2, 0.25) is 5.79 Å². The SMILES string of the molecule is C[C@H]1[C@H]2[C@H](C[C@@]3(C)[C@@H]4CC[C@H]5C(C)(C)[C@@H](O[C@@H]6OC[C@@H](O)[C@H](O)[C@H]6OC(=O)CC(=O)O)CC[C@@]56C[C@@]46CC[C@]23C)O[C@@]2(O)[C@@H]1OC(C)(C)[C@H]2O. The Labute approximate surface area is 294 Å². The molecule has 0 aromatic rings. The predicted molar refractivity (Wildman–Crippen MR) is 175 cm³/mol. The predicted octanol–water partition coefficient (Wildman–Crippen LogP) is 3.15. The minimum absolute atomic E-state index is 0.00136. The lowest BCUT2D eigenvalue weighted by molar-refractivity contribution is -0.327. The van der Waals surface area contributed by atoms with Crippen LogP contribution in [0.1, 0.15) is 106 Å². The molecule has 0 aromatic carbocycles. The second-order valence-electron chi connectivity index (χ2n) is 19.3. The van der Waals surface area contributed by atoms with Gasteiger partial charge in [-0.2, -0.15) is 0 Å². The van der Waals surface area contributed by atoms with E-state index in [1.807, 2.05) is 13.8 Å². The highest BCUT2D eigenvalue weighted by molar-refractivity contribution is 5.90. The number of ether oxygens (including phenoxy) is 5. The van der Waals surface area contributed by atoms with E-state index < -0.39 is 66.6 Å². The molecule has 0 unspecified atom stereocenters. The van der Waals surface area contributed by atoms with Crippen LogP contribution in [0.2, 0.25) is 0 Å². The van der Waals surface area contributed by atoms with Gasteiger partial charge in [0.05, 0.1) is 24.4 Å². The van der Waals surface area contributed by atoms with Crippen LogP contribution in [0.5, 0.6) is 0 Å². The van der Waals surface area contributed by atoms with Crippen molar-refractivity contribution in [3.8, 4) is 0 Å². The highest BCUT2D eigenvalue weighted by atomic mass is 16.7. The number of esters is 1. The highest BCUT2D eigenvalue weighted by Gasteiger charge is 2.84. The van der Waals surface area contributed by atoms with E-state index in [0.29, 0.717) is 11.8 Å². The van der Waals surface area contributed by atoms with Gasteiger partial charge in [-0.25, -0.2) is 0 Å². The van der Waals surface area contributed by atoms with Gasteiger partial charge in [0.25, 0.3) is 0 Å². The number of aliphatic hydroxyl groups is 4. The number of hydrogen-bond acceptors (Lipinski definition) is 11. The summed E-state index contributed by atoms with van der Waals surface area (Å²) in [6.07, 6.45) is -0.0475. The second kappa shape index (κ2) is 10.9. The number of carbonyl (C=O) groups excluding carboxylic acids is 1. The van der Waals surface area contributed by atoms with Gasteiger partial charge in [0, 0.05) is 0 Å². The molecule has 2 spiro atoms. The number of hydrogen-bond donors (Lipinski definition) is 5. The smallest absolute Gasteiger partial charge is 0.317 e. The summed E-state index contributed by atoms with van der Waals surface area (Å²) in [6.45, 7) is 15.1. The lowest BCUT2D eigenvalue weighted by Gasteiger charge is -2.63. The molecule has 50 heavy (non-hydrogen) atoms. The maximum Gasteiger partial charge on any atom is 0.317 e. The molecule has 12 heteroatoms. The fraction of sp³-hybridized carbons (Fsp3) is 0.947. The third-order valence-corrected chi connectivity index (χ3v) is 16.6. The largest absolute Gasteiger partial charge is 0.481 e. The average Bonchev–Trinajstić information content (AvgIpc) is 3.56. The fourth-order valence-corrected chi connectivity index (χ4v) is 14.4. The topological polar surface area (TPSA) is 181 Å². The summed E-state index contributed by atoms with van der Waals surface area (Å²) in [7, 11) is 0. The molecule has 12 nitrogen and oxygen atoms in total. The molecule has 5 saturated carbocycles. The summed E-state index contributed by atoms with van der Waals surface area (Å²) in [6, 6.07) is 0. The molecule has 3 saturated heterocycles. The Kier molecular flexibility index (Phi) is 7.74. The summed E-state index contributed by atoms with van der Waals surface area (Å²) < 4.78 is 30.7. The first-order valence-electron chi connectivity index (χ1n) is 19.0. The van der Waals surface area contributed by atoms with Crippen LogP contribution in [-0.4, -0.2) is 104 Å². The van der Waals surface area contributed by atoms with Gasteiger partial charge in [0.1, 0.15) is 30.8 Å². The van der Waals surface area contributed by atoms with Gasteiger partial charge in [0.15, 0.2) is 12.4 Å². The van der Waals surface area contributed by atoms with Crippen LogP contribution in [0.4, 0.5) is 0 Å². The van der Waals surface area contributed by atoms with E-state index in [2.05, 4.69) is 34.6 Å². The summed E-state index contributed by atoms with van der Waals surface area (Å²) >= 11 is 0. The van der Waals surface area contributed by atoms with Gasteiger partial charge >= 0.3 is 11.9 Å². The molecular formula is C38H58O12. The van der Waals surface area contributed by atoms with E-state index in [4.69, 9.17) is 28.8 Å². The number of aliphatic hydroxyl groups excluding tert-OH is 3. The molecule has 5 aliphatic carbocycles. The Morgan fingerprint density at radius 3 is 2.26 bits per heavy atom. The monoisotopic (exact) mass is 706 g/mol. The Morgan fingerprint density at radius 1 is 0.880 bits per heavy atom. The number of fused-ring (bicyclic) bond motifs is 5. The van der Waals surface area contributed by atoms with Crippen LogP contribution in [0.25, 0.3) is 0 Å². The number of carbonyl (C=O) groups is 2. The van der Waals surface area contributed by atoms with E-state index in [1.165, 1.54) is 6.42 Å². The van der Waals surface area contributed by atoms with Crippen LogP contribution in [0.15, 0.2) is 0 Å². The van der Waals surface area contributed by atoms with Gasteiger partial charge in [-0.15, -0.1) is 0 Å². The lowest BCUT2D eigenvalue weighted by Crippen LogP contribution is -2.63. The Bertz CT molecular complexity index is 1430. The molecule has 0 radical (unpaired) electrons. The lowest BCUT2D eigenvalue weighted by atomic mass is 9.41. The van der Waals surface area contributed by atoms with Crippen molar-refractivity contribution in [3.05, 3.63) is 0 Å². The molecule has 0 bridgehead atoms. The number of carboxylic acids is 1. The van der Waals surface area contributed by atoms with Gasteiger partial charge in [-0.3, -0.25) is 9.59 Å². The molecule has 8 fully saturated rings. The van der Waals surface area contributed by atoms with E-state index in [0.717, 1.165) is 44.9 Å². The normalized spacial score (nSPS) is 56.9. The first-order valence-corrected chi connectivity index (χ1v) is 19.0. The minimum Gasteiger partial charge on any atom is -0.481 e. The molecule has 3 aliphatic heterocycles. The Balaban J connectivity index is 1.02. The minimum atomic E-state index is -1.72. The maximum absolute atomic E-state index is 12.3. The molecule has 8 aliphatic rings. The third-order valence-electron chi connectivity index (χ3n) is 16.6. The van der Waals surface area contributed by atoms with Crippen LogP contribution < -0.4 is 0 Å². The number of carboxylic acid groups (broad SMARTS) is 1. The fourth-order valence-electron chi connectivity index (χ4n) is 14.4. The summed E-state index contributed by atoms with van der Waals surface area (Å²) in [5.41, 5.74) is -0.772. The molecule has 0 aromatic heterocycles. The van der Waals surface area contributed by atoms with Crippen molar-refractivity contribution in [1.29, 1.82) is 0 Å². The first kappa shape index (κ1) is 35.6. The van der Waals surface area contributed by atoms with E-state index in [-0.39, 0.29) is 57.7 Å². The molecular weight excluding hydrogens is 648 g/mol. The molecule has 282 valence electrons. The average molecular weight is 707 g/mol. The van der Waals surface area contributed by atoms with Gasteiger partial charge < -0.3 is 49.2 Å².